The zero-order valence-corrected chi connectivity index (χ0v) is 12.0. The Balaban J connectivity index is 1.72. The van der Waals surface area contributed by atoms with Crippen LogP contribution >= 0.6 is 0 Å². The Labute approximate surface area is 115 Å². The minimum Gasteiger partial charge on any atom is -0.308 e. The van der Waals surface area contributed by atoms with Gasteiger partial charge in [0.05, 0.1) is 5.69 Å². The van der Waals surface area contributed by atoms with Gasteiger partial charge in [0, 0.05) is 37.4 Å². The summed E-state index contributed by atoms with van der Waals surface area (Å²) < 4.78 is 0. The van der Waals surface area contributed by atoms with Crippen LogP contribution in [0, 0.1) is 5.92 Å². The summed E-state index contributed by atoms with van der Waals surface area (Å²) in [5.41, 5.74) is 1.38. The maximum absolute atomic E-state index is 4.24. The van der Waals surface area contributed by atoms with Gasteiger partial charge < -0.3 is 5.32 Å². The molecule has 4 nitrogen and oxygen atoms in total. The SMILES string of the molecule is CCC1CNC(C)(C2CC2)CN1Cc1cccnn1. The minimum atomic E-state index is 0.299. The first kappa shape index (κ1) is 13.0. The van der Waals surface area contributed by atoms with Gasteiger partial charge in [-0.25, -0.2) is 0 Å². The second kappa shape index (κ2) is 5.17. The fourth-order valence-corrected chi connectivity index (χ4v) is 3.29. The van der Waals surface area contributed by atoms with Crippen molar-refractivity contribution in [2.24, 2.45) is 5.92 Å². The number of hydrogen-bond donors (Lipinski definition) is 1. The van der Waals surface area contributed by atoms with Crippen LogP contribution in [0.15, 0.2) is 18.3 Å². The molecule has 1 saturated carbocycles. The van der Waals surface area contributed by atoms with Gasteiger partial charge in [0.15, 0.2) is 0 Å². The largest absolute Gasteiger partial charge is 0.308 e. The van der Waals surface area contributed by atoms with E-state index >= 15 is 0 Å². The van der Waals surface area contributed by atoms with Gasteiger partial charge in [0.25, 0.3) is 0 Å². The summed E-state index contributed by atoms with van der Waals surface area (Å²) in [5, 5.41) is 12.0. The minimum absolute atomic E-state index is 0.299. The van der Waals surface area contributed by atoms with E-state index in [-0.39, 0.29) is 0 Å². The molecule has 0 bridgehead atoms. The molecule has 0 spiro atoms. The van der Waals surface area contributed by atoms with E-state index in [0.29, 0.717) is 11.6 Å². The van der Waals surface area contributed by atoms with E-state index in [4.69, 9.17) is 0 Å². The molecule has 1 N–H and O–H groups in total. The summed E-state index contributed by atoms with van der Waals surface area (Å²) in [6.45, 7) is 7.82. The van der Waals surface area contributed by atoms with Gasteiger partial charge in [0.2, 0.25) is 0 Å². The van der Waals surface area contributed by atoms with Gasteiger partial charge in [-0.05, 0) is 44.2 Å². The molecule has 1 aliphatic heterocycles. The predicted octanol–water partition coefficient (Wildman–Crippen LogP) is 1.83. The van der Waals surface area contributed by atoms with Crippen molar-refractivity contribution in [2.45, 2.75) is 51.2 Å². The summed E-state index contributed by atoms with van der Waals surface area (Å²) in [7, 11) is 0. The predicted molar refractivity (Wildman–Crippen MR) is 75.7 cm³/mol. The highest BCUT2D eigenvalue weighted by Crippen LogP contribution is 2.41. The summed E-state index contributed by atoms with van der Waals surface area (Å²) in [6, 6.07) is 4.68. The maximum atomic E-state index is 4.24. The zero-order chi connectivity index (χ0) is 13.3. The number of hydrogen-bond acceptors (Lipinski definition) is 4. The van der Waals surface area contributed by atoms with Crippen molar-refractivity contribution in [1.29, 1.82) is 0 Å². The van der Waals surface area contributed by atoms with Crippen LogP contribution in [0.5, 0.6) is 0 Å². The van der Waals surface area contributed by atoms with Gasteiger partial charge in [-0.1, -0.05) is 6.92 Å². The molecule has 2 aliphatic rings. The molecule has 19 heavy (non-hydrogen) atoms. The molecule has 1 saturated heterocycles. The summed E-state index contributed by atoms with van der Waals surface area (Å²) >= 11 is 0. The molecule has 0 radical (unpaired) electrons. The van der Waals surface area contributed by atoms with Gasteiger partial charge in [-0.15, -0.1) is 0 Å². The third-order valence-corrected chi connectivity index (χ3v) is 4.73. The van der Waals surface area contributed by atoms with E-state index in [1.807, 2.05) is 6.07 Å². The van der Waals surface area contributed by atoms with Gasteiger partial charge in [0.1, 0.15) is 0 Å². The van der Waals surface area contributed by atoms with Crippen molar-refractivity contribution in [3.8, 4) is 0 Å². The van der Waals surface area contributed by atoms with Gasteiger partial charge in [-0.2, -0.15) is 10.2 Å². The molecule has 1 aromatic rings. The molecule has 0 aromatic carbocycles. The molecule has 2 unspecified atom stereocenters. The lowest BCUT2D eigenvalue weighted by Crippen LogP contribution is -2.63. The van der Waals surface area contributed by atoms with Crippen LogP contribution in [0.3, 0.4) is 0 Å². The Morgan fingerprint density at radius 2 is 2.32 bits per heavy atom. The number of aromatic nitrogens is 2. The average molecular weight is 260 g/mol. The molecular weight excluding hydrogens is 236 g/mol. The molecule has 2 fully saturated rings. The summed E-state index contributed by atoms with van der Waals surface area (Å²) in [5.74, 6) is 0.870. The quantitative estimate of drug-likeness (QED) is 0.896. The Bertz CT molecular complexity index is 417. The molecule has 0 amide bonds. The van der Waals surface area contributed by atoms with Crippen molar-refractivity contribution in [2.75, 3.05) is 13.1 Å². The highest BCUT2D eigenvalue weighted by Gasteiger charge is 2.45. The summed E-state index contributed by atoms with van der Waals surface area (Å²) in [4.78, 5) is 2.60. The van der Waals surface area contributed by atoms with E-state index < -0.39 is 0 Å². The highest BCUT2D eigenvalue weighted by atomic mass is 15.3. The first-order valence-electron chi connectivity index (χ1n) is 7.47. The fraction of sp³-hybridized carbons (Fsp3) is 0.733. The lowest BCUT2D eigenvalue weighted by molar-refractivity contribution is 0.0653. The van der Waals surface area contributed by atoms with Gasteiger partial charge in [-0.3, -0.25) is 4.90 Å². The first-order chi connectivity index (χ1) is 9.21. The first-order valence-corrected chi connectivity index (χ1v) is 7.47. The third kappa shape index (κ3) is 2.79. The average Bonchev–Trinajstić information content (AvgIpc) is 3.25. The Kier molecular flexibility index (Phi) is 3.54. The standard InChI is InChI=1S/C15H24N4/c1-3-14-9-16-15(2,12-6-7-12)11-19(14)10-13-5-4-8-17-18-13/h4-5,8,12,14,16H,3,6-7,9-11H2,1-2H3. The van der Waals surface area contributed by atoms with Crippen LogP contribution in [-0.4, -0.2) is 39.8 Å². The fourth-order valence-electron chi connectivity index (χ4n) is 3.29. The van der Waals surface area contributed by atoms with Crippen molar-refractivity contribution < 1.29 is 0 Å². The van der Waals surface area contributed by atoms with Crippen LogP contribution in [-0.2, 0) is 6.54 Å². The van der Waals surface area contributed by atoms with Crippen molar-refractivity contribution in [3.63, 3.8) is 0 Å². The number of piperazine rings is 1. The molecule has 2 atom stereocenters. The summed E-state index contributed by atoms with van der Waals surface area (Å²) in [6.07, 6.45) is 5.71. The second-order valence-electron chi connectivity index (χ2n) is 6.25. The van der Waals surface area contributed by atoms with E-state index in [1.54, 1.807) is 6.20 Å². The maximum Gasteiger partial charge on any atom is 0.0771 e. The van der Waals surface area contributed by atoms with Crippen LogP contribution in [0.4, 0.5) is 0 Å². The zero-order valence-electron chi connectivity index (χ0n) is 12.0. The van der Waals surface area contributed by atoms with Crippen molar-refractivity contribution >= 4 is 0 Å². The van der Waals surface area contributed by atoms with Crippen LogP contribution in [0.2, 0.25) is 0 Å². The van der Waals surface area contributed by atoms with Crippen molar-refractivity contribution in [1.82, 2.24) is 20.4 Å². The molecule has 104 valence electrons. The van der Waals surface area contributed by atoms with Crippen molar-refractivity contribution in [3.05, 3.63) is 24.0 Å². The topological polar surface area (TPSA) is 41.0 Å². The Morgan fingerprint density at radius 1 is 1.47 bits per heavy atom. The van der Waals surface area contributed by atoms with Crippen LogP contribution < -0.4 is 5.32 Å². The van der Waals surface area contributed by atoms with Crippen LogP contribution in [0.25, 0.3) is 0 Å². The molecular formula is C15H24N4. The lowest BCUT2D eigenvalue weighted by atomic mass is 9.90. The monoisotopic (exact) mass is 260 g/mol. The molecule has 2 heterocycles. The van der Waals surface area contributed by atoms with Gasteiger partial charge >= 0.3 is 0 Å². The van der Waals surface area contributed by atoms with E-state index in [0.717, 1.165) is 31.2 Å². The lowest BCUT2D eigenvalue weighted by Gasteiger charge is -2.46. The number of nitrogens with one attached hydrogen (secondary N) is 1. The molecule has 4 heteroatoms. The molecule has 3 rings (SSSR count). The van der Waals surface area contributed by atoms with E-state index in [9.17, 15) is 0 Å². The van der Waals surface area contributed by atoms with Crippen LogP contribution in [0.1, 0.15) is 38.8 Å². The smallest absolute Gasteiger partial charge is 0.0771 e. The normalized spacial score (nSPS) is 32.4. The Morgan fingerprint density at radius 3 is 2.95 bits per heavy atom. The third-order valence-electron chi connectivity index (χ3n) is 4.73. The molecule has 1 aliphatic carbocycles. The molecule has 1 aromatic heterocycles. The Hall–Kier alpha value is -1.00. The van der Waals surface area contributed by atoms with E-state index in [1.165, 1.54) is 19.3 Å². The van der Waals surface area contributed by atoms with E-state index in [2.05, 4.69) is 40.3 Å². The second-order valence-corrected chi connectivity index (χ2v) is 6.25. The highest BCUT2D eigenvalue weighted by molar-refractivity contribution is 5.06. The number of rotatable bonds is 4. The number of nitrogens with zero attached hydrogens (tertiary/aromatic N) is 3.